The molecule has 0 bridgehead atoms. The van der Waals surface area contributed by atoms with Gasteiger partial charge in [0.25, 0.3) is 0 Å². The maximum Gasteiger partial charge on any atom is 0.232 e. The number of hydrogen-bond donors (Lipinski definition) is 0. The number of aryl methyl sites for hydroxylation is 1. The molecule has 0 saturated carbocycles. The van der Waals surface area contributed by atoms with E-state index in [1.165, 1.54) is 19.3 Å². The Labute approximate surface area is 170 Å². The molecular weight excluding hydrogens is 370 g/mol. The first kappa shape index (κ1) is 18.8. The summed E-state index contributed by atoms with van der Waals surface area (Å²) in [6, 6.07) is 14.1. The first-order valence-electron chi connectivity index (χ1n) is 9.73. The van der Waals surface area contributed by atoms with Gasteiger partial charge in [-0.15, -0.1) is 10.2 Å². The van der Waals surface area contributed by atoms with E-state index >= 15 is 0 Å². The highest BCUT2D eigenvalue weighted by molar-refractivity contribution is 7.99. The summed E-state index contributed by atoms with van der Waals surface area (Å²) < 4.78 is 7.77. The second kappa shape index (κ2) is 9.10. The van der Waals surface area contributed by atoms with E-state index in [2.05, 4.69) is 36.8 Å². The van der Waals surface area contributed by atoms with Crippen LogP contribution in [0.4, 0.5) is 5.95 Å². The zero-order valence-electron chi connectivity index (χ0n) is 16.1. The smallest absolute Gasteiger partial charge is 0.232 e. The maximum atomic E-state index is 5.63. The van der Waals surface area contributed by atoms with Crippen LogP contribution < -0.4 is 9.64 Å². The molecule has 7 heteroatoms. The Morgan fingerprint density at radius 1 is 1.00 bits per heavy atom. The summed E-state index contributed by atoms with van der Waals surface area (Å²) >= 11 is 1.71. The maximum absolute atomic E-state index is 5.63. The van der Waals surface area contributed by atoms with Crippen molar-refractivity contribution in [2.24, 2.45) is 0 Å². The number of benzene rings is 1. The first-order valence-corrected chi connectivity index (χ1v) is 10.7. The van der Waals surface area contributed by atoms with Crippen LogP contribution in [-0.4, -0.2) is 45.7 Å². The van der Waals surface area contributed by atoms with Gasteiger partial charge >= 0.3 is 0 Å². The van der Waals surface area contributed by atoms with E-state index in [1.807, 2.05) is 36.5 Å². The van der Waals surface area contributed by atoms with Crippen molar-refractivity contribution >= 4 is 17.7 Å². The number of methoxy groups -OCH3 is 1. The monoisotopic (exact) mass is 395 g/mol. The molecule has 2 aromatic heterocycles. The lowest BCUT2D eigenvalue weighted by atomic mass is 10.1. The number of anilines is 1. The van der Waals surface area contributed by atoms with Crippen LogP contribution in [0.15, 0.2) is 53.8 Å². The number of ether oxygens (including phenoxy) is 1. The van der Waals surface area contributed by atoms with Crippen LogP contribution in [0.5, 0.6) is 5.75 Å². The summed E-state index contributed by atoms with van der Waals surface area (Å²) in [7, 11) is 1.71. The predicted molar refractivity (Wildman–Crippen MR) is 113 cm³/mol. The SMILES string of the molecule is COc1ccccc1-n1c(SCCc2ccccn2)nnc1N1CCCCC1. The molecule has 0 aliphatic carbocycles. The molecule has 3 aromatic rings. The van der Waals surface area contributed by atoms with E-state index < -0.39 is 0 Å². The van der Waals surface area contributed by atoms with Gasteiger partial charge in [-0.25, -0.2) is 0 Å². The highest BCUT2D eigenvalue weighted by Crippen LogP contribution is 2.32. The molecule has 1 saturated heterocycles. The lowest BCUT2D eigenvalue weighted by molar-refractivity contribution is 0.412. The molecule has 0 atom stereocenters. The lowest BCUT2D eigenvalue weighted by Gasteiger charge is -2.28. The minimum absolute atomic E-state index is 0.826. The van der Waals surface area contributed by atoms with Gasteiger partial charge in [0.2, 0.25) is 5.95 Å². The summed E-state index contributed by atoms with van der Waals surface area (Å²) in [5.74, 6) is 2.63. The number of hydrogen-bond acceptors (Lipinski definition) is 6. The van der Waals surface area contributed by atoms with E-state index in [0.29, 0.717) is 0 Å². The van der Waals surface area contributed by atoms with Crippen molar-refractivity contribution in [2.45, 2.75) is 30.8 Å². The van der Waals surface area contributed by atoms with Crippen molar-refractivity contribution in [2.75, 3.05) is 30.9 Å². The van der Waals surface area contributed by atoms with Crippen molar-refractivity contribution < 1.29 is 4.74 Å². The molecule has 6 nitrogen and oxygen atoms in total. The number of piperidine rings is 1. The minimum atomic E-state index is 0.826. The van der Waals surface area contributed by atoms with Crippen molar-refractivity contribution in [3.8, 4) is 11.4 Å². The van der Waals surface area contributed by atoms with E-state index in [-0.39, 0.29) is 0 Å². The zero-order chi connectivity index (χ0) is 19.2. The van der Waals surface area contributed by atoms with Crippen molar-refractivity contribution in [3.05, 3.63) is 54.4 Å². The molecule has 3 heterocycles. The van der Waals surface area contributed by atoms with Crippen LogP contribution in [0, 0.1) is 0 Å². The Bertz CT molecular complexity index is 893. The van der Waals surface area contributed by atoms with Crippen LogP contribution in [0.2, 0.25) is 0 Å². The fourth-order valence-electron chi connectivity index (χ4n) is 3.47. The van der Waals surface area contributed by atoms with E-state index in [4.69, 9.17) is 4.74 Å². The van der Waals surface area contributed by atoms with Crippen LogP contribution in [-0.2, 0) is 6.42 Å². The largest absolute Gasteiger partial charge is 0.495 e. The van der Waals surface area contributed by atoms with Gasteiger partial charge in [-0.2, -0.15) is 0 Å². The van der Waals surface area contributed by atoms with Crippen molar-refractivity contribution in [1.82, 2.24) is 19.7 Å². The highest BCUT2D eigenvalue weighted by Gasteiger charge is 2.23. The number of thioether (sulfide) groups is 1. The summed E-state index contributed by atoms with van der Waals surface area (Å²) in [5, 5.41) is 9.99. The number of aromatic nitrogens is 4. The average molecular weight is 396 g/mol. The molecule has 0 unspecified atom stereocenters. The molecule has 0 amide bonds. The predicted octanol–water partition coefficient (Wildman–Crippen LogP) is 4.00. The third-order valence-corrected chi connectivity index (χ3v) is 5.83. The zero-order valence-corrected chi connectivity index (χ0v) is 16.9. The minimum Gasteiger partial charge on any atom is -0.495 e. The van der Waals surface area contributed by atoms with Crippen LogP contribution in [0.25, 0.3) is 5.69 Å². The molecule has 1 aromatic carbocycles. The van der Waals surface area contributed by atoms with Crippen molar-refractivity contribution in [1.29, 1.82) is 0 Å². The molecule has 1 aliphatic heterocycles. The average Bonchev–Trinajstić information content (AvgIpc) is 3.19. The van der Waals surface area contributed by atoms with E-state index in [1.54, 1.807) is 18.9 Å². The summed E-state index contributed by atoms with van der Waals surface area (Å²) in [5.41, 5.74) is 2.07. The molecule has 1 aliphatic rings. The second-order valence-electron chi connectivity index (χ2n) is 6.76. The number of rotatable bonds is 7. The van der Waals surface area contributed by atoms with E-state index in [9.17, 15) is 0 Å². The van der Waals surface area contributed by atoms with E-state index in [0.717, 1.165) is 53.5 Å². The molecule has 28 heavy (non-hydrogen) atoms. The number of pyridine rings is 1. The van der Waals surface area contributed by atoms with Crippen LogP contribution in [0.3, 0.4) is 0 Å². The normalized spacial score (nSPS) is 14.2. The van der Waals surface area contributed by atoms with Crippen LogP contribution >= 0.6 is 11.8 Å². The third-order valence-electron chi connectivity index (χ3n) is 4.90. The Kier molecular flexibility index (Phi) is 6.11. The lowest BCUT2D eigenvalue weighted by Crippen LogP contribution is -2.31. The van der Waals surface area contributed by atoms with Crippen LogP contribution in [0.1, 0.15) is 25.0 Å². The molecule has 4 rings (SSSR count). The third kappa shape index (κ3) is 4.14. The van der Waals surface area contributed by atoms with Gasteiger partial charge in [-0.3, -0.25) is 9.55 Å². The quantitative estimate of drug-likeness (QED) is 0.564. The molecule has 146 valence electrons. The molecule has 0 radical (unpaired) electrons. The van der Waals surface area contributed by atoms with Gasteiger partial charge in [0, 0.05) is 30.7 Å². The van der Waals surface area contributed by atoms with Gasteiger partial charge in [-0.05, 0) is 49.9 Å². The first-order chi connectivity index (χ1) is 13.9. The molecular formula is C21H25N5OS. The Morgan fingerprint density at radius 3 is 2.61 bits per heavy atom. The molecule has 0 N–H and O–H groups in total. The van der Waals surface area contributed by atoms with Gasteiger partial charge in [0.15, 0.2) is 5.16 Å². The van der Waals surface area contributed by atoms with Gasteiger partial charge in [-0.1, -0.05) is 30.0 Å². The fourth-order valence-corrected chi connectivity index (χ4v) is 4.37. The van der Waals surface area contributed by atoms with Gasteiger partial charge in [0.1, 0.15) is 5.75 Å². The number of para-hydroxylation sites is 2. The number of nitrogens with zero attached hydrogens (tertiary/aromatic N) is 5. The summed E-state index contributed by atoms with van der Waals surface area (Å²) in [6.07, 6.45) is 6.40. The Morgan fingerprint density at radius 2 is 1.82 bits per heavy atom. The standard InChI is InChI=1S/C21H25N5OS/c1-27-19-11-4-3-10-18(19)26-20(25-14-7-2-8-15-25)23-24-21(26)28-16-12-17-9-5-6-13-22-17/h3-6,9-11,13H,2,7-8,12,14-16H2,1H3. The molecule has 0 spiro atoms. The summed E-state index contributed by atoms with van der Waals surface area (Å²) in [6.45, 7) is 2.04. The van der Waals surface area contributed by atoms with Gasteiger partial charge < -0.3 is 9.64 Å². The Hall–Kier alpha value is -2.54. The summed E-state index contributed by atoms with van der Waals surface area (Å²) in [4.78, 5) is 6.75. The van der Waals surface area contributed by atoms with Gasteiger partial charge in [0.05, 0.1) is 12.8 Å². The topological polar surface area (TPSA) is 56.1 Å². The highest BCUT2D eigenvalue weighted by atomic mass is 32.2. The molecule has 1 fully saturated rings. The second-order valence-corrected chi connectivity index (χ2v) is 7.82. The fraction of sp³-hybridized carbons (Fsp3) is 0.381. The van der Waals surface area contributed by atoms with Crippen molar-refractivity contribution in [3.63, 3.8) is 0 Å². The Balaban J connectivity index is 1.63.